The predicted molar refractivity (Wildman–Crippen MR) is 73.9 cm³/mol. The molecule has 8 heteroatoms. The summed E-state index contributed by atoms with van der Waals surface area (Å²) in [6, 6.07) is 3.79. The summed E-state index contributed by atoms with van der Waals surface area (Å²) < 4.78 is 0. The van der Waals surface area contributed by atoms with Gasteiger partial charge in [0.2, 0.25) is 5.91 Å². The van der Waals surface area contributed by atoms with Crippen molar-refractivity contribution in [3.8, 4) is 0 Å². The van der Waals surface area contributed by atoms with Gasteiger partial charge in [-0.15, -0.1) is 0 Å². The van der Waals surface area contributed by atoms with E-state index in [9.17, 15) is 14.4 Å². The van der Waals surface area contributed by atoms with Crippen LogP contribution in [-0.2, 0) is 4.79 Å². The molecule has 3 amide bonds. The van der Waals surface area contributed by atoms with Crippen molar-refractivity contribution in [3.63, 3.8) is 0 Å². The van der Waals surface area contributed by atoms with Gasteiger partial charge in [0.15, 0.2) is 0 Å². The fraction of sp³-hybridized carbons (Fsp3) is 0.250. The van der Waals surface area contributed by atoms with Crippen LogP contribution in [-0.4, -0.2) is 29.6 Å². The van der Waals surface area contributed by atoms with Crippen molar-refractivity contribution in [3.05, 3.63) is 28.8 Å². The topological polar surface area (TPSA) is 122 Å². The molecule has 5 N–H and O–H groups in total. The van der Waals surface area contributed by atoms with Crippen LogP contribution >= 0.6 is 11.6 Å². The monoisotopic (exact) mass is 299 g/mol. The normalized spacial score (nSPS) is 9.85. The van der Waals surface area contributed by atoms with Crippen molar-refractivity contribution in [1.82, 2.24) is 5.32 Å². The Morgan fingerprint density at radius 3 is 2.60 bits per heavy atom. The lowest BCUT2D eigenvalue weighted by molar-refractivity contribution is -0.118. The molecule has 0 fully saturated rings. The zero-order valence-electron chi connectivity index (χ0n) is 10.5. The molecule has 108 valence electrons. The number of benzene rings is 1. The van der Waals surface area contributed by atoms with Crippen molar-refractivity contribution >= 4 is 35.2 Å². The second-order valence-corrected chi connectivity index (χ2v) is 4.33. The van der Waals surface area contributed by atoms with Crippen LogP contribution in [0.25, 0.3) is 0 Å². The van der Waals surface area contributed by atoms with E-state index in [0.29, 0.717) is 6.42 Å². The van der Waals surface area contributed by atoms with Gasteiger partial charge in [-0.25, -0.2) is 9.59 Å². The first-order chi connectivity index (χ1) is 9.41. The number of nitrogens with one attached hydrogen (secondary N) is 2. The second-order valence-electron chi connectivity index (χ2n) is 3.92. The van der Waals surface area contributed by atoms with Crippen LogP contribution < -0.4 is 16.4 Å². The highest BCUT2D eigenvalue weighted by Crippen LogP contribution is 2.24. The molecule has 0 aromatic heterocycles. The maximum atomic E-state index is 11.6. The molecule has 0 aliphatic rings. The fourth-order valence-electron chi connectivity index (χ4n) is 1.48. The Morgan fingerprint density at radius 2 is 2.00 bits per heavy atom. The Balaban J connectivity index is 2.60. The predicted octanol–water partition coefficient (Wildman–Crippen LogP) is 1.43. The number of carboxylic acids is 1. The van der Waals surface area contributed by atoms with Crippen molar-refractivity contribution in [2.45, 2.75) is 12.8 Å². The van der Waals surface area contributed by atoms with Gasteiger partial charge in [0.05, 0.1) is 10.7 Å². The summed E-state index contributed by atoms with van der Waals surface area (Å²) in [4.78, 5) is 33.1. The molecule has 1 rings (SSSR count). The second kappa shape index (κ2) is 7.34. The lowest BCUT2D eigenvalue weighted by atomic mass is 10.2. The van der Waals surface area contributed by atoms with E-state index in [-0.39, 0.29) is 29.2 Å². The van der Waals surface area contributed by atoms with Gasteiger partial charge in [-0.2, -0.15) is 0 Å². The minimum Gasteiger partial charge on any atom is -0.478 e. The van der Waals surface area contributed by atoms with Gasteiger partial charge in [-0.3, -0.25) is 4.79 Å². The molecule has 0 heterocycles. The molecule has 0 radical (unpaired) electrons. The average molecular weight is 300 g/mol. The number of hydrogen-bond donors (Lipinski definition) is 4. The Hall–Kier alpha value is -2.28. The number of halogens is 1. The van der Waals surface area contributed by atoms with Gasteiger partial charge >= 0.3 is 12.0 Å². The highest BCUT2D eigenvalue weighted by Gasteiger charge is 2.15. The summed E-state index contributed by atoms with van der Waals surface area (Å²) >= 11 is 5.77. The average Bonchev–Trinajstić information content (AvgIpc) is 2.34. The van der Waals surface area contributed by atoms with E-state index in [1.165, 1.54) is 18.2 Å². The van der Waals surface area contributed by atoms with Gasteiger partial charge < -0.3 is 21.5 Å². The number of primary amides is 1. The maximum Gasteiger partial charge on any atom is 0.339 e. The smallest absolute Gasteiger partial charge is 0.339 e. The largest absolute Gasteiger partial charge is 0.478 e. The van der Waals surface area contributed by atoms with E-state index in [0.717, 1.165) is 0 Å². The third-order valence-electron chi connectivity index (χ3n) is 2.36. The van der Waals surface area contributed by atoms with Gasteiger partial charge in [-0.05, 0) is 18.6 Å². The van der Waals surface area contributed by atoms with Crippen LogP contribution in [0.3, 0.4) is 0 Å². The molecule has 0 saturated carbocycles. The molecule has 0 atom stereocenters. The zero-order chi connectivity index (χ0) is 15.1. The number of carbonyl (C=O) groups excluding carboxylic acids is 2. The quantitative estimate of drug-likeness (QED) is 0.593. The minimum absolute atomic E-state index is 0.0315. The van der Waals surface area contributed by atoms with Crippen LogP contribution in [0, 0.1) is 0 Å². The van der Waals surface area contributed by atoms with Crippen LogP contribution in [0.4, 0.5) is 10.5 Å². The number of carboxylic acid groups (broad SMARTS) is 1. The highest BCUT2D eigenvalue weighted by atomic mass is 35.5. The molecular formula is C12H14ClN3O4. The van der Waals surface area contributed by atoms with Gasteiger partial charge in [0.25, 0.3) is 0 Å². The lowest BCUT2D eigenvalue weighted by Crippen LogP contribution is -2.30. The number of carbonyl (C=O) groups is 3. The number of aromatic carboxylic acids is 1. The molecule has 0 saturated heterocycles. The number of rotatable bonds is 6. The van der Waals surface area contributed by atoms with E-state index >= 15 is 0 Å². The SMILES string of the molecule is NC(=O)CCCNC(=O)Nc1cccc(Cl)c1C(=O)O. The molecule has 1 aromatic carbocycles. The zero-order valence-corrected chi connectivity index (χ0v) is 11.2. The minimum atomic E-state index is -1.24. The standard InChI is InChI=1S/C12H14ClN3O4/c13-7-3-1-4-8(10(7)11(18)19)16-12(20)15-6-2-5-9(14)17/h1,3-4H,2,5-6H2,(H2,14,17)(H,18,19)(H2,15,16,20). The van der Waals surface area contributed by atoms with Gasteiger partial charge in [0, 0.05) is 13.0 Å². The van der Waals surface area contributed by atoms with Crippen LogP contribution in [0.5, 0.6) is 0 Å². The highest BCUT2D eigenvalue weighted by molar-refractivity contribution is 6.34. The Bertz CT molecular complexity index is 533. The molecule has 20 heavy (non-hydrogen) atoms. The summed E-state index contributed by atoms with van der Waals surface area (Å²) in [7, 11) is 0. The first-order valence-electron chi connectivity index (χ1n) is 5.76. The van der Waals surface area contributed by atoms with E-state index < -0.39 is 17.9 Å². The molecule has 0 spiro atoms. The summed E-state index contributed by atoms with van der Waals surface area (Å²) in [6.45, 7) is 0.248. The molecule has 0 aliphatic carbocycles. The number of anilines is 1. The third-order valence-corrected chi connectivity index (χ3v) is 2.68. The fourth-order valence-corrected chi connectivity index (χ4v) is 1.73. The maximum absolute atomic E-state index is 11.6. The first kappa shape index (κ1) is 15.8. The van der Waals surface area contributed by atoms with Crippen molar-refractivity contribution in [2.75, 3.05) is 11.9 Å². The van der Waals surface area contributed by atoms with E-state index in [2.05, 4.69) is 10.6 Å². The Kier molecular flexibility index (Phi) is 5.79. The molecule has 7 nitrogen and oxygen atoms in total. The number of hydrogen-bond acceptors (Lipinski definition) is 3. The van der Waals surface area contributed by atoms with E-state index in [1.54, 1.807) is 0 Å². The van der Waals surface area contributed by atoms with E-state index in [4.69, 9.17) is 22.4 Å². The third kappa shape index (κ3) is 4.77. The van der Waals surface area contributed by atoms with Crippen molar-refractivity contribution in [2.24, 2.45) is 5.73 Å². The van der Waals surface area contributed by atoms with Crippen molar-refractivity contribution in [1.29, 1.82) is 0 Å². The van der Waals surface area contributed by atoms with Crippen LogP contribution in [0.2, 0.25) is 5.02 Å². The summed E-state index contributed by atoms with van der Waals surface area (Å²) in [6.07, 6.45) is 0.571. The molecular weight excluding hydrogens is 286 g/mol. The van der Waals surface area contributed by atoms with E-state index in [1.807, 2.05) is 0 Å². The van der Waals surface area contributed by atoms with Crippen LogP contribution in [0.1, 0.15) is 23.2 Å². The number of urea groups is 1. The first-order valence-corrected chi connectivity index (χ1v) is 6.14. The van der Waals surface area contributed by atoms with Gasteiger partial charge in [0.1, 0.15) is 5.56 Å². The molecule has 0 aliphatic heterocycles. The number of nitrogens with two attached hydrogens (primary N) is 1. The Morgan fingerprint density at radius 1 is 1.30 bits per heavy atom. The molecule has 0 bridgehead atoms. The summed E-state index contributed by atoms with van der Waals surface area (Å²) in [5, 5.41) is 13.9. The van der Waals surface area contributed by atoms with Crippen molar-refractivity contribution < 1.29 is 19.5 Å². The van der Waals surface area contributed by atoms with Crippen LogP contribution in [0.15, 0.2) is 18.2 Å². The summed E-state index contributed by atoms with van der Waals surface area (Å²) in [5.41, 5.74) is 4.87. The molecule has 0 unspecified atom stereocenters. The molecule has 1 aromatic rings. The van der Waals surface area contributed by atoms with Gasteiger partial charge in [-0.1, -0.05) is 17.7 Å². The summed E-state index contributed by atoms with van der Waals surface area (Å²) in [5.74, 6) is -1.69. The lowest BCUT2D eigenvalue weighted by Gasteiger charge is -2.10. The number of amides is 3. The Labute approximate surface area is 120 Å².